The third-order valence-electron chi connectivity index (χ3n) is 4.09. The fourth-order valence-corrected chi connectivity index (χ4v) is 5.21. The number of carbonyl (C=O) groups excluding carboxylic acids is 1. The maximum absolute atomic E-state index is 13.0. The number of aromatic nitrogens is 1. The van der Waals surface area contributed by atoms with Crippen molar-refractivity contribution < 1.29 is 34.1 Å². The molecule has 1 N–H and O–H groups in total. The minimum Gasteiger partial charge on any atom is -0.454 e. The van der Waals surface area contributed by atoms with Crippen molar-refractivity contribution >= 4 is 44.6 Å². The molecule has 0 radical (unpaired) electrons. The predicted octanol–water partition coefficient (Wildman–Crippen LogP) is 3.96. The van der Waals surface area contributed by atoms with E-state index in [0.717, 1.165) is 11.3 Å². The van der Waals surface area contributed by atoms with Gasteiger partial charge >= 0.3 is 0 Å². The van der Waals surface area contributed by atoms with Gasteiger partial charge in [0.25, 0.3) is 15.9 Å². The highest BCUT2D eigenvalue weighted by Crippen LogP contribution is 2.36. The van der Waals surface area contributed by atoms with Gasteiger partial charge in [0.05, 0.1) is 4.88 Å². The summed E-state index contributed by atoms with van der Waals surface area (Å²) in [5.41, 5.74) is 0.518. The molecule has 0 amide bonds. The summed E-state index contributed by atoms with van der Waals surface area (Å²) in [5, 5.41) is 4.21. The average molecular weight is 460 g/mol. The monoisotopic (exact) mass is 459 g/mol. The number of nitrogens with one attached hydrogen (secondary N) is 1. The minimum atomic E-state index is -4.38. The number of ether oxygens (including phenoxy) is 2. The van der Waals surface area contributed by atoms with Gasteiger partial charge in [-0.1, -0.05) is 16.8 Å². The molecule has 0 fully saturated rings. The highest BCUT2D eigenvalue weighted by Gasteiger charge is 2.27. The van der Waals surface area contributed by atoms with Gasteiger partial charge in [0.2, 0.25) is 6.75 Å². The van der Waals surface area contributed by atoms with Gasteiger partial charge in [-0.15, -0.1) is 11.3 Å². The summed E-state index contributed by atoms with van der Waals surface area (Å²) in [4.78, 5) is 12.6. The molecule has 4 rings (SSSR count). The number of hydrogen-bond acceptors (Lipinski definition) is 8. The third kappa shape index (κ3) is 3.70. The summed E-state index contributed by atoms with van der Waals surface area (Å²) in [6.07, 6.45) is -0.194. The molecule has 2 aromatic heterocycles. The first-order chi connectivity index (χ1) is 15.7. The summed E-state index contributed by atoms with van der Waals surface area (Å²) >= 11 is 6.82. The zero-order valence-corrected chi connectivity index (χ0v) is 17.0. The Hall–Kier alpha value is -2.56. The minimum absolute atomic E-state index is 0.0772. The van der Waals surface area contributed by atoms with Crippen LogP contribution in [0.2, 0.25) is 5.02 Å². The smallest absolute Gasteiger partial charge is 0.265 e. The second-order valence-electron chi connectivity index (χ2n) is 6.01. The normalized spacial score (nSPS) is 17.7. The highest BCUT2D eigenvalue weighted by molar-refractivity contribution is 7.93. The number of hydrogen-bond donors (Lipinski definition) is 1. The van der Waals surface area contributed by atoms with Crippen LogP contribution in [0.1, 0.15) is 33.3 Å². The number of carbonyl (C=O) groups is 1. The molecule has 1 aromatic carbocycles. The molecule has 8 nitrogen and oxygen atoms in total. The van der Waals surface area contributed by atoms with Crippen LogP contribution in [0.25, 0.3) is 0 Å². The van der Waals surface area contributed by atoms with Crippen LogP contribution in [0, 0.1) is 13.8 Å². The number of nitrogens with zero attached hydrogens (tertiary/aromatic N) is 1. The predicted molar refractivity (Wildman–Crippen MR) is 107 cm³/mol. The Morgan fingerprint density at radius 3 is 2.90 bits per heavy atom. The lowest BCUT2D eigenvalue weighted by Crippen LogP contribution is -2.16. The van der Waals surface area contributed by atoms with Crippen LogP contribution >= 0.6 is 22.9 Å². The van der Waals surface area contributed by atoms with Crippen molar-refractivity contribution in [2.75, 3.05) is 11.5 Å². The van der Waals surface area contributed by atoms with E-state index in [1.54, 1.807) is 6.92 Å². The van der Waals surface area contributed by atoms with Crippen molar-refractivity contribution in [2.24, 2.45) is 0 Å². The van der Waals surface area contributed by atoms with Gasteiger partial charge in [0.1, 0.15) is 18.4 Å². The number of fused-ring (bicyclic) bond motifs is 1. The van der Waals surface area contributed by atoms with Gasteiger partial charge in [0.15, 0.2) is 17.3 Å². The van der Waals surface area contributed by atoms with Crippen LogP contribution in [-0.2, 0) is 16.4 Å². The van der Waals surface area contributed by atoms with Gasteiger partial charge in [-0.05, 0) is 48.5 Å². The SMILES string of the molecule is [2H]C1([2H])Oc2cc(C)c(CC(=O)c3sccc3S(=O)(=O)Nc3onc(C([2H])([2H])[2H])c3Cl)cc2O1. The number of thiophene rings is 1. The third-order valence-corrected chi connectivity index (χ3v) is 6.90. The number of aryl methyl sites for hydroxylation is 2. The Bertz CT molecular complexity index is 1400. The molecule has 0 atom stereocenters. The Morgan fingerprint density at radius 2 is 2.17 bits per heavy atom. The molecule has 1 aliphatic heterocycles. The maximum Gasteiger partial charge on any atom is 0.265 e. The average Bonchev–Trinajstić information content (AvgIpc) is 3.38. The van der Waals surface area contributed by atoms with E-state index in [2.05, 4.69) is 5.16 Å². The lowest BCUT2D eigenvalue weighted by Gasteiger charge is -2.09. The van der Waals surface area contributed by atoms with E-state index >= 15 is 0 Å². The van der Waals surface area contributed by atoms with Gasteiger partial charge in [-0.2, -0.15) is 0 Å². The van der Waals surface area contributed by atoms with Crippen molar-refractivity contribution in [3.05, 3.63) is 50.3 Å². The van der Waals surface area contributed by atoms with Crippen LogP contribution in [0.4, 0.5) is 5.88 Å². The van der Waals surface area contributed by atoms with Gasteiger partial charge in [-0.3, -0.25) is 4.79 Å². The summed E-state index contributed by atoms with van der Waals surface area (Å²) in [6.45, 7) is -3.34. The van der Waals surface area contributed by atoms with E-state index in [0.29, 0.717) is 11.1 Å². The highest BCUT2D eigenvalue weighted by atomic mass is 35.5. The maximum atomic E-state index is 13.0. The zero-order valence-electron chi connectivity index (χ0n) is 19.6. The number of Topliss-reactive ketones (excluding diaryl/α,β-unsaturated/α-hetero) is 1. The van der Waals surface area contributed by atoms with Crippen LogP contribution in [-0.4, -0.2) is 26.1 Å². The first-order valence-corrected chi connectivity index (χ1v) is 10.7. The Morgan fingerprint density at radius 1 is 1.41 bits per heavy atom. The number of sulfonamides is 1. The molecule has 29 heavy (non-hydrogen) atoms. The van der Waals surface area contributed by atoms with Crippen molar-refractivity contribution in [1.82, 2.24) is 5.16 Å². The molecule has 0 aliphatic carbocycles. The van der Waals surface area contributed by atoms with E-state index in [1.165, 1.54) is 23.6 Å². The van der Waals surface area contributed by atoms with E-state index in [1.807, 2.05) is 4.72 Å². The van der Waals surface area contributed by atoms with Crippen molar-refractivity contribution in [2.45, 2.75) is 25.1 Å². The molecule has 11 heteroatoms. The van der Waals surface area contributed by atoms with Crippen molar-refractivity contribution in [3.8, 4) is 11.5 Å². The summed E-state index contributed by atoms with van der Waals surface area (Å²) < 4.78 is 79.9. The topological polar surface area (TPSA) is 108 Å². The molecular formula is C18H15ClN2O6S2. The first kappa shape index (κ1) is 14.4. The van der Waals surface area contributed by atoms with Crippen LogP contribution < -0.4 is 14.2 Å². The molecule has 0 unspecified atom stereocenters. The molecule has 1 aliphatic rings. The summed E-state index contributed by atoms with van der Waals surface area (Å²) in [6, 6.07) is 4.22. The summed E-state index contributed by atoms with van der Waals surface area (Å²) in [5.74, 6) is -0.780. The molecule has 0 bridgehead atoms. The number of ketones is 1. The fraction of sp³-hybridized carbons (Fsp3) is 0.222. The fourth-order valence-electron chi connectivity index (χ4n) is 2.65. The van der Waals surface area contributed by atoms with E-state index in [9.17, 15) is 13.2 Å². The zero-order chi connectivity index (χ0) is 25.1. The molecule has 3 heterocycles. The molecule has 152 valence electrons. The second kappa shape index (κ2) is 7.36. The van der Waals surface area contributed by atoms with Gasteiger partial charge in [0, 0.05) is 10.5 Å². The number of anilines is 1. The lowest BCUT2D eigenvalue weighted by molar-refractivity contribution is 0.0994. The molecule has 0 spiro atoms. The van der Waals surface area contributed by atoms with Crippen molar-refractivity contribution in [3.63, 3.8) is 0 Å². The summed E-state index contributed by atoms with van der Waals surface area (Å²) in [7, 11) is -4.38. The molecule has 0 saturated carbocycles. The van der Waals surface area contributed by atoms with Crippen LogP contribution in [0.3, 0.4) is 0 Å². The molecule has 3 aromatic rings. The molecular weight excluding hydrogens is 440 g/mol. The number of benzene rings is 1. The van der Waals surface area contributed by atoms with E-state index in [-0.39, 0.29) is 27.7 Å². The second-order valence-corrected chi connectivity index (χ2v) is 8.95. The van der Waals surface area contributed by atoms with Crippen LogP contribution in [0.5, 0.6) is 11.5 Å². The largest absolute Gasteiger partial charge is 0.454 e. The number of halogens is 1. The van der Waals surface area contributed by atoms with E-state index in [4.69, 9.17) is 32.5 Å². The molecule has 0 saturated heterocycles. The quantitative estimate of drug-likeness (QED) is 0.555. The Kier molecular flexibility index (Phi) is 3.66. The van der Waals surface area contributed by atoms with Gasteiger partial charge < -0.3 is 14.0 Å². The van der Waals surface area contributed by atoms with Crippen LogP contribution in [0.15, 0.2) is 33.0 Å². The first-order valence-electron chi connectivity index (χ1n) is 10.5. The Labute approximate surface area is 182 Å². The van der Waals surface area contributed by atoms with Gasteiger partial charge in [-0.25, -0.2) is 13.1 Å². The number of rotatable bonds is 6. The lowest BCUT2D eigenvalue weighted by atomic mass is 10.0. The Balaban J connectivity index is 1.59. The van der Waals surface area contributed by atoms with E-state index < -0.39 is 46.0 Å². The standard InChI is InChI=1S/C18H15ClN2O6S2/c1-9-5-13-14(26-8-25-13)7-11(9)6-12(22)17-15(3-4-28-17)29(23,24)21-18-16(19)10(2)20-27-18/h3-5,7,21H,6,8H2,1-2H3/i2D3,8D2. The van der Waals surface area contributed by atoms with Crippen molar-refractivity contribution in [1.29, 1.82) is 0 Å².